The first-order chi connectivity index (χ1) is 16.2. The summed E-state index contributed by atoms with van der Waals surface area (Å²) in [6, 6.07) is 13.0. The van der Waals surface area contributed by atoms with Crippen molar-refractivity contribution in [1.82, 2.24) is 30.0 Å². The van der Waals surface area contributed by atoms with Crippen LogP contribution in [0.2, 0.25) is 0 Å². The summed E-state index contributed by atoms with van der Waals surface area (Å²) in [5, 5.41) is 7.39. The van der Waals surface area contributed by atoms with Crippen LogP contribution in [0, 0.1) is 6.92 Å². The molecule has 0 bridgehead atoms. The van der Waals surface area contributed by atoms with Gasteiger partial charge in [0.05, 0.1) is 46.2 Å². The Morgan fingerprint density at radius 1 is 0.879 bits per heavy atom. The second kappa shape index (κ2) is 8.56. The Bertz CT molecular complexity index is 1270. The van der Waals surface area contributed by atoms with Gasteiger partial charge >= 0.3 is 0 Å². The molecule has 0 aliphatic carbocycles. The predicted molar refractivity (Wildman–Crippen MR) is 131 cm³/mol. The number of nitrogens with one attached hydrogen (secondary N) is 1. The molecule has 0 unspecified atom stereocenters. The van der Waals surface area contributed by atoms with Crippen LogP contribution < -0.4 is 4.90 Å². The molecule has 6 rings (SSSR count). The summed E-state index contributed by atoms with van der Waals surface area (Å²) in [5.74, 6) is 0. The molecule has 168 valence electrons. The van der Waals surface area contributed by atoms with Gasteiger partial charge in [-0.2, -0.15) is 5.10 Å². The number of rotatable bonds is 4. The number of nitrogens with zero attached hydrogens (tertiary/aromatic N) is 6. The molecule has 0 saturated carbocycles. The molecule has 0 radical (unpaired) electrons. The third-order valence-corrected chi connectivity index (χ3v) is 7.07. The molecule has 0 amide bonds. The van der Waals surface area contributed by atoms with E-state index < -0.39 is 0 Å². The van der Waals surface area contributed by atoms with Crippen LogP contribution in [-0.4, -0.2) is 62.3 Å². The Balaban J connectivity index is 1.27. The summed E-state index contributed by atoms with van der Waals surface area (Å²) in [5.41, 5.74) is 7.55. The molecule has 7 nitrogen and oxygen atoms in total. The fourth-order valence-corrected chi connectivity index (χ4v) is 5.27. The molecule has 0 atom stereocenters. The maximum atomic E-state index is 4.97. The van der Waals surface area contributed by atoms with Gasteiger partial charge in [-0.1, -0.05) is 6.07 Å². The zero-order valence-electron chi connectivity index (χ0n) is 19.0. The van der Waals surface area contributed by atoms with Crippen molar-refractivity contribution in [3.05, 3.63) is 54.5 Å². The molecule has 7 heteroatoms. The summed E-state index contributed by atoms with van der Waals surface area (Å²) < 4.78 is 0. The van der Waals surface area contributed by atoms with E-state index in [0.717, 1.165) is 58.5 Å². The van der Waals surface area contributed by atoms with Crippen molar-refractivity contribution >= 4 is 16.7 Å². The van der Waals surface area contributed by atoms with Crippen LogP contribution in [0.1, 0.15) is 31.4 Å². The third-order valence-electron chi connectivity index (χ3n) is 7.07. The number of aromatic amines is 1. The minimum Gasteiger partial charge on any atom is -0.370 e. The maximum absolute atomic E-state index is 4.97. The van der Waals surface area contributed by atoms with E-state index in [1.807, 2.05) is 49.6 Å². The topological polar surface area (TPSA) is 73.8 Å². The first-order valence-electron chi connectivity index (χ1n) is 12.0. The molecular formula is C26H29N7. The zero-order chi connectivity index (χ0) is 22.2. The van der Waals surface area contributed by atoms with Crippen LogP contribution in [0.15, 0.2) is 48.8 Å². The van der Waals surface area contributed by atoms with Gasteiger partial charge in [0, 0.05) is 30.4 Å². The fraction of sp³-hybridized carbons (Fsp3) is 0.385. The average Bonchev–Trinajstić information content (AvgIpc) is 3.56. The van der Waals surface area contributed by atoms with Gasteiger partial charge in [0.1, 0.15) is 0 Å². The van der Waals surface area contributed by atoms with Gasteiger partial charge in [-0.05, 0) is 76.0 Å². The summed E-state index contributed by atoms with van der Waals surface area (Å²) in [7, 11) is 0. The molecule has 4 aromatic heterocycles. The number of aromatic nitrogens is 5. The van der Waals surface area contributed by atoms with Crippen LogP contribution in [0.3, 0.4) is 0 Å². The first-order valence-corrected chi connectivity index (χ1v) is 12.0. The van der Waals surface area contributed by atoms with Crippen molar-refractivity contribution in [1.29, 1.82) is 0 Å². The molecule has 0 aromatic carbocycles. The predicted octanol–water partition coefficient (Wildman–Crippen LogP) is 4.45. The van der Waals surface area contributed by atoms with Crippen molar-refractivity contribution in [3.8, 4) is 22.6 Å². The van der Waals surface area contributed by atoms with E-state index in [1.165, 1.54) is 44.5 Å². The highest BCUT2D eigenvalue weighted by Gasteiger charge is 2.26. The van der Waals surface area contributed by atoms with E-state index in [2.05, 4.69) is 31.0 Å². The summed E-state index contributed by atoms with van der Waals surface area (Å²) >= 11 is 0. The smallest absolute Gasteiger partial charge is 0.0928 e. The van der Waals surface area contributed by atoms with E-state index in [0.29, 0.717) is 0 Å². The summed E-state index contributed by atoms with van der Waals surface area (Å²) in [6.07, 6.45) is 9.01. The normalized spacial score (nSPS) is 17.8. The lowest BCUT2D eigenvalue weighted by atomic mass is 10.0. The van der Waals surface area contributed by atoms with Crippen molar-refractivity contribution in [3.63, 3.8) is 0 Å². The summed E-state index contributed by atoms with van der Waals surface area (Å²) in [4.78, 5) is 19.5. The second-order valence-corrected chi connectivity index (χ2v) is 9.21. The van der Waals surface area contributed by atoms with E-state index in [4.69, 9.17) is 9.97 Å². The molecule has 2 fully saturated rings. The van der Waals surface area contributed by atoms with Crippen LogP contribution in [0.5, 0.6) is 0 Å². The molecule has 6 heterocycles. The zero-order valence-corrected chi connectivity index (χ0v) is 19.0. The Labute approximate surface area is 193 Å². The number of hydrogen-bond donors (Lipinski definition) is 1. The number of anilines is 1. The van der Waals surface area contributed by atoms with Gasteiger partial charge < -0.3 is 9.80 Å². The SMILES string of the molecule is Cc1cccc(-c2[nH]ncc2-c2ccc3ncc(N4CCC(N5CCCC5)CC4)cc3n2)n1. The molecule has 2 aliphatic heterocycles. The minimum atomic E-state index is 0.747. The molecule has 2 saturated heterocycles. The third kappa shape index (κ3) is 3.97. The molecule has 1 N–H and O–H groups in total. The van der Waals surface area contributed by atoms with Gasteiger partial charge in [0.2, 0.25) is 0 Å². The van der Waals surface area contributed by atoms with E-state index in [-0.39, 0.29) is 0 Å². The largest absolute Gasteiger partial charge is 0.370 e. The Morgan fingerprint density at radius 3 is 2.55 bits per heavy atom. The highest BCUT2D eigenvalue weighted by Crippen LogP contribution is 2.30. The summed E-state index contributed by atoms with van der Waals surface area (Å²) in [6.45, 7) is 6.72. The molecule has 4 aromatic rings. The van der Waals surface area contributed by atoms with Crippen molar-refractivity contribution < 1.29 is 0 Å². The van der Waals surface area contributed by atoms with Crippen molar-refractivity contribution in [2.24, 2.45) is 0 Å². The maximum Gasteiger partial charge on any atom is 0.0928 e. The van der Waals surface area contributed by atoms with Gasteiger partial charge in [-0.15, -0.1) is 0 Å². The Hall–Kier alpha value is -3.32. The number of pyridine rings is 3. The number of likely N-dealkylation sites (tertiary alicyclic amines) is 1. The lowest BCUT2D eigenvalue weighted by Crippen LogP contribution is -2.43. The Kier molecular flexibility index (Phi) is 5.26. The Morgan fingerprint density at radius 2 is 1.73 bits per heavy atom. The average molecular weight is 440 g/mol. The molecule has 2 aliphatic rings. The number of H-pyrrole nitrogens is 1. The quantitative estimate of drug-likeness (QED) is 0.506. The van der Waals surface area contributed by atoms with Crippen LogP contribution in [0.4, 0.5) is 5.69 Å². The van der Waals surface area contributed by atoms with Crippen LogP contribution in [0.25, 0.3) is 33.7 Å². The minimum absolute atomic E-state index is 0.747. The van der Waals surface area contributed by atoms with Gasteiger partial charge in [0.25, 0.3) is 0 Å². The monoisotopic (exact) mass is 439 g/mol. The van der Waals surface area contributed by atoms with Gasteiger partial charge in [-0.3, -0.25) is 15.1 Å². The molecule has 33 heavy (non-hydrogen) atoms. The molecule has 0 spiro atoms. The first kappa shape index (κ1) is 20.3. The van der Waals surface area contributed by atoms with E-state index in [1.54, 1.807) is 0 Å². The lowest BCUT2D eigenvalue weighted by molar-refractivity contribution is 0.208. The standard InChI is InChI=1S/C26H29N7/c1-18-5-4-6-24(29-18)26-21(17-28-31-26)22-7-8-23-25(30-22)15-20(16-27-23)33-13-9-19(10-14-33)32-11-2-3-12-32/h4-8,15-17,19H,2-3,9-14H2,1H3,(H,28,31). The van der Waals surface area contributed by atoms with Crippen molar-refractivity contribution in [2.45, 2.75) is 38.6 Å². The number of piperidine rings is 1. The van der Waals surface area contributed by atoms with Crippen molar-refractivity contribution in [2.75, 3.05) is 31.1 Å². The van der Waals surface area contributed by atoms with Crippen LogP contribution in [-0.2, 0) is 0 Å². The van der Waals surface area contributed by atoms with E-state index in [9.17, 15) is 0 Å². The van der Waals surface area contributed by atoms with Gasteiger partial charge in [0.15, 0.2) is 0 Å². The van der Waals surface area contributed by atoms with E-state index >= 15 is 0 Å². The number of hydrogen-bond acceptors (Lipinski definition) is 6. The molecular weight excluding hydrogens is 410 g/mol. The van der Waals surface area contributed by atoms with Gasteiger partial charge in [-0.25, -0.2) is 4.98 Å². The highest BCUT2D eigenvalue weighted by molar-refractivity contribution is 5.84. The van der Waals surface area contributed by atoms with Crippen LogP contribution >= 0.6 is 0 Å². The second-order valence-electron chi connectivity index (χ2n) is 9.21. The lowest BCUT2D eigenvalue weighted by Gasteiger charge is -2.37. The fourth-order valence-electron chi connectivity index (χ4n) is 5.27. The number of fused-ring (bicyclic) bond motifs is 1. The number of aryl methyl sites for hydroxylation is 1. The highest BCUT2D eigenvalue weighted by atomic mass is 15.2.